The topological polar surface area (TPSA) is 28.2 Å². The van der Waals surface area contributed by atoms with Gasteiger partial charge in [-0.1, -0.05) is 34.1 Å². The monoisotopic (exact) mass is 289 g/mol. The SMILES string of the molecule is CCCc1cc(CNC(C)C)cc(N(C)CC2CC2C)n1. The maximum atomic E-state index is 4.85. The van der Waals surface area contributed by atoms with Crippen molar-refractivity contribution < 1.29 is 0 Å². The molecule has 118 valence electrons. The standard InChI is InChI=1S/C18H31N3/c1-6-7-17-9-15(11-19-13(2)3)10-18(20-17)21(5)12-16-8-14(16)4/h9-10,13-14,16,19H,6-8,11-12H2,1-5H3. The Morgan fingerprint density at radius 3 is 2.67 bits per heavy atom. The second kappa shape index (κ2) is 7.26. The molecule has 2 rings (SSSR count). The Balaban J connectivity index is 2.09. The molecule has 21 heavy (non-hydrogen) atoms. The molecule has 0 aromatic carbocycles. The van der Waals surface area contributed by atoms with Crippen LogP contribution in [0, 0.1) is 11.8 Å². The van der Waals surface area contributed by atoms with Gasteiger partial charge in [-0.2, -0.15) is 0 Å². The van der Waals surface area contributed by atoms with E-state index in [9.17, 15) is 0 Å². The van der Waals surface area contributed by atoms with Crippen molar-refractivity contribution in [2.24, 2.45) is 11.8 Å². The Labute approximate surface area is 130 Å². The molecule has 1 aromatic rings. The summed E-state index contributed by atoms with van der Waals surface area (Å²) in [6.45, 7) is 11.0. The van der Waals surface area contributed by atoms with Crippen molar-refractivity contribution in [3.63, 3.8) is 0 Å². The number of aryl methyl sites for hydroxylation is 1. The molecule has 0 spiro atoms. The number of anilines is 1. The maximum Gasteiger partial charge on any atom is 0.128 e. The third-order valence-corrected chi connectivity index (χ3v) is 4.32. The van der Waals surface area contributed by atoms with Crippen LogP contribution in [0.3, 0.4) is 0 Å². The van der Waals surface area contributed by atoms with Gasteiger partial charge in [0.1, 0.15) is 5.82 Å². The van der Waals surface area contributed by atoms with Gasteiger partial charge in [0.15, 0.2) is 0 Å². The van der Waals surface area contributed by atoms with Crippen LogP contribution in [0.15, 0.2) is 12.1 Å². The zero-order valence-electron chi connectivity index (χ0n) is 14.3. The Morgan fingerprint density at radius 2 is 2.10 bits per heavy atom. The summed E-state index contributed by atoms with van der Waals surface area (Å²) in [7, 11) is 2.18. The summed E-state index contributed by atoms with van der Waals surface area (Å²) < 4.78 is 0. The third-order valence-electron chi connectivity index (χ3n) is 4.32. The predicted octanol–water partition coefficient (Wildman–Crippen LogP) is 3.62. The molecular weight excluding hydrogens is 258 g/mol. The molecule has 0 bridgehead atoms. The van der Waals surface area contributed by atoms with Gasteiger partial charge in [0.2, 0.25) is 0 Å². The van der Waals surface area contributed by atoms with Gasteiger partial charge in [-0.3, -0.25) is 0 Å². The van der Waals surface area contributed by atoms with Gasteiger partial charge < -0.3 is 10.2 Å². The zero-order valence-corrected chi connectivity index (χ0v) is 14.3. The smallest absolute Gasteiger partial charge is 0.128 e. The first-order chi connectivity index (χ1) is 9.99. The summed E-state index contributed by atoms with van der Waals surface area (Å²) in [5.41, 5.74) is 2.58. The van der Waals surface area contributed by atoms with E-state index in [1.807, 2.05) is 0 Å². The molecule has 3 heteroatoms. The molecule has 1 fully saturated rings. The van der Waals surface area contributed by atoms with E-state index in [2.05, 4.69) is 57.1 Å². The molecule has 0 amide bonds. The van der Waals surface area contributed by atoms with E-state index in [0.29, 0.717) is 6.04 Å². The molecule has 3 nitrogen and oxygen atoms in total. The van der Waals surface area contributed by atoms with Crippen molar-refractivity contribution in [3.8, 4) is 0 Å². The lowest BCUT2D eigenvalue weighted by molar-refractivity contribution is 0.587. The Kier molecular flexibility index (Phi) is 5.63. The van der Waals surface area contributed by atoms with E-state index in [-0.39, 0.29) is 0 Å². The summed E-state index contributed by atoms with van der Waals surface area (Å²) in [5.74, 6) is 2.90. The van der Waals surface area contributed by atoms with Crippen LogP contribution in [0.1, 0.15) is 51.8 Å². The van der Waals surface area contributed by atoms with Crippen molar-refractivity contribution in [1.29, 1.82) is 0 Å². The summed E-state index contributed by atoms with van der Waals surface area (Å²) in [5, 5.41) is 3.51. The highest BCUT2D eigenvalue weighted by atomic mass is 15.2. The highest BCUT2D eigenvalue weighted by Crippen LogP contribution is 2.38. The quantitative estimate of drug-likeness (QED) is 0.792. The van der Waals surface area contributed by atoms with Crippen LogP contribution in [0.5, 0.6) is 0 Å². The molecule has 1 aromatic heterocycles. The van der Waals surface area contributed by atoms with Crippen LogP contribution < -0.4 is 10.2 Å². The number of nitrogens with zero attached hydrogens (tertiary/aromatic N) is 2. The van der Waals surface area contributed by atoms with Gasteiger partial charge in [0.05, 0.1) is 0 Å². The number of hydrogen-bond donors (Lipinski definition) is 1. The molecule has 0 radical (unpaired) electrons. The fraction of sp³-hybridized carbons (Fsp3) is 0.722. The van der Waals surface area contributed by atoms with Crippen LogP contribution in [-0.4, -0.2) is 24.6 Å². The molecule has 0 aliphatic heterocycles. The third kappa shape index (κ3) is 4.99. The summed E-state index contributed by atoms with van der Waals surface area (Å²) >= 11 is 0. The number of aromatic nitrogens is 1. The van der Waals surface area contributed by atoms with Gasteiger partial charge in [0, 0.05) is 31.9 Å². The van der Waals surface area contributed by atoms with Gasteiger partial charge in [0.25, 0.3) is 0 Å². The minimum atomic E-state index is 0.515. The number of rotatable bonds is 8. The number of nitrogens with one attached hydrogen (secondary N) is 1. The van der Waals surface area contributed by atoms with Crippen LogP contribution >= 0.6 is 0 Å². The average Bonchev–Trinajstić information content (AvgIpc) is 3.12. The van der Waals surface area contributed by atoms with E-state index in [0.717, 1.165) is 43.6 Å². The first-order valence-corrected chi connectivity index (χ1v) is 8.44. The average molecular weight is 289 g/mol. The second-order valence-electron chi connectivity index (χ2n) is 6.96. The van der Waals surface area contributed by atoms with E-state index < -0.39 is 0 Å². The Hall–Kier alpha value is -1.09. The van der Waals surface area contributed by atoms with E-state index in [1.165, 1.54) is 17.7 Å². The summed E-state index contributed by atoms with van der Waals surface area (Å²) in [4.78, 5) is 7.19. The normalized spacial score (nSPS) is 20.9. The minimum absolute atomic E-state index is 0.515. The predicted molar refractivity (Wildman–Crippen MR) is 90.7 cm³/mol. The lowest BCUT2D eigenvalue weighted by atomic mass is 10.1. The largest absolute Gasteiger partial charge is 0.359 e. The van der Waals surface area contributed by atoms with E-state index in [1.54, 1.807) is 0 Å². The summed E-state index contributed by atoms with van der Waals surface area (Å²) in [6.07, 6.45) is 3.59. The molecule has 1 aliphatic rings. The first-order valence-electron chi connectivity index (χ1n) is 8.44. The Bertz CT molecular complexity index is 456. The maximum absolute atomic E-state index is 4.85. The first kappa shape index (κ1) is 16.3. The van der Waals surface area contributed by atoms with Crippen molar-refractivity contribution >= 4 is 5.82 Å². The molecular formula is C18H31N3. The molecule has 1 heterocycles. The molecule has 2 atom stereocenters. The minimum Gasteiger partial charge on any atom is -0.359 e. The van der Waals surface area contributed by atoms with E-state index >= 15 is 0 Å². The number of hydrogen-bond acceptors (Lipinski definition) is 3. The van der Waals surface area contributed by atoms with Gasteiger partial charge in [-0.25, -0.2) is 4.98 Å². The Morgan fingerprint density at radius 1 is 1.38 bits per heavy atom. The van der Waals surface area contributed by atoms with E-state index in [4.69, 9.17) is 4.98 Å². The fourth-order valence-electron chi connectivity index (χ4n) is 2.74. The second-order valence-corrected chi connectivity index (χ2v) is 6.96. The highest BCUT2D eigenvalue weighted by molar-refractivity contribution is 5.42. The van der Waals surface area contributed by atoms with Crippen molar-refractivity contribution in [2.75, 3.05) is 18.5 Å². The van der Waals surface area contributed by atoms with Crippen molar-refractivity contribution in [2.45, 2.75) is 59.5 Å². The van der Waals surface area contributed by atoms with Gasteiger partial charge >= 0.3 is 0 Å². The van der Waals surface area contributed by atoms with Crippen molar-refractivity contribution in [3.05, 3.63) is 23.4 Å². The molecule has 0 saturated heterocycles. The van der Waals surface area contributed by atoms with Crippen LogP contribution in [-0.2, 0) is 13.0 Å². The van der Waals surface area contributed by atoms with Crippen LogP contribution in [0.2, 0.25) is 0 Å². The lowest BCUT2D eigenvalue weighted by Gasteiger charge is -2.20. The summed E-state index contributed by atoms with van der Waals surface area (Å²) in [6, 6.07) is 5.03. The zero-order chi connectivity index (χ0) is 15.4. The molecule has 1 saturated carbocycles. The van der Waals surface area contributed by atoms with Gasteiger partial charge in [-0.05, 0) is 42.4 Å². The fourth-order valence-corrected chi connectivity index (χ4v) is 2.74. The molecule has 1 aliphatic carbocycles. The highest BCUT2D eigenvalue weighted by Gasteiger charge is 2.33. The number of pyridine rings is 1. The molecule has 2 unspecified atom stereocenters. The van der Waals surface area contributed by atoms with Crippen molar-refractivity contribution in [1.82, 2.24) is 10.3 Å². The van der Waals surface area contributed by atoms with Crippen LogP contribution in [0.25, 0.3) is 0 Å². The van der Waals surface area contributed by atoms with Gasteiger partial charge in [-0.15, -0.1) is 0 Å². The molecule has 1 N–H and O–H groups in total. The lowest BCUT2D eigenvalue weighted by Crippen LogP contribution is -2.24. The van der Waals surface area contributed by atoms with Crippen LogP contribution in [0.4, 0.5) is 5.82 Å².